The van der Waals surface area contributed by atoms with Crippen molar-refractivity contribution >= 4 is 11.3 Å². The lowest BCUT2D eigenvalue weighted by molar-refractivity contribution is 0.362. The zero-order valence-corrected chi connectivity index (χ0v) is 8.97. The van der Waals surface area contributed by atoms with Gasteiger partial charge in [0.25, 0.3) is 0 Å². The van der Waals surface area contributed by atoms with Gasteiger partial charge in [-0.1, -0.05) is 12.0 Å². The van der Waals surface area contributed by atoms with Crippen molar-refractivity contribution in [3.8, 4) is 11.8 Å². The van der Waals surface area contributed by atoms with E-state index < -0.39 is 0 Å². The molecule has 0 saturated heterocycles. The molecule has 14 heavy (non-hydrogen) atoms. The lowest BCUT2D eigenvalue weighted by Gasteiger charge is -2.18. The molecule has 0 amide bonds. The molecule has 0 N–H and O–H groups in total. The van der Waals surface area contributed by atoms with E-state index in [1.165, 1.54) is 5.57 Å². The van der Waals surface area contributed by atoms with Gasteiger partial charge in [0, 0.05) is 18.7 Å². The Kier molecular flexibility index (Phi) is 2.97. The molecule has 72 valence electrons. The molecule has 2 heterocycles. The largest absolute Gasteiger partial charge is 0.302 e. The van der Waals surface area contributed by atoms with Gasteiger partial charge in [0.2, 0.25) is 0 Å². The predicted molar refractivity (Wildman–Crippen MR) is 59.2 cm³/mol. The molecular weight excluding hydrogens is 192 g/mol. The van der Waals surface area contributed by atoms with E-state index in [2.05, 4.69) is 34.8 Å². The lowest BCUT2D eigenvalue weighted by atomic mass is 10.1. The van der Waals surface area contributed by atoms with E-state index in [0.29, 0.717) is 0 Å². The van der Waals surface area contributed by atoms with Gasteiger partial charge in [-0.05, 0) is 19.4 Å². The fraction of sp³-hybridized carbons (Fsp3) is 0.364. The summed E-state index contributed by atoms with van der Waals surface area (Å²) in [5.41, 5.74) is 3.07. The van der Waals surface area contributed by atoms with Gasteiger partial charge < -0.3 is 4.90 Å². The van der Waals surface area contributed by atoms with Crippen molar-refractivity contribution in [3.05, 3.63) is 28.2 Å². The van der Waals surface area contributed by atoms with Gasteiger partial charge >= 0.3 is 0 Å². The molecule has 0 fully saturated rings. The van der Waals surface area contributed by atoms with Crippen LogP contribution in [-0.4, -0.2) is 30.0 Å². The molecule has 0 atom stereocenters. The summed E-state index contributed by atoms with van der Waals surface area (Å²) in [5, 5.41) is 0. The van der Waals surface area contributed by atoms with Crippen LogP contribution in [0.5, 0.6) is 0 Å². The van der Waals surface area contributed by atoms with E-state index in [0.717, 1.165) is 24.4 Å². The summed E-state index contributed by atoms with van der Waals surface area (Å²) in [4.78, 5) is 7.32. The first kappa shape index (κ1) is 9.45. The van der Waals surface area contributed by atoms with Crippen LogP contribution in [0.15, 0.2) is 23.4 Å². The fourth-order valence-corrected chi connectivity index (χ4v) is 1.77. The highest BCUT2D eigenvalue weighted by molar-refractivity contribution is 7.10. The minimum Gasteiger partial charge on any atom is -0.302 e. The molecular formula is C11H12N2S. The molecule has 0 aromatic carbocycles. The van der Waals surface area contributed by atoms with Crippen molar-refractivity contribution < 1.29 is 0 Å². The van der Waals surface area contributed by atoms with Gasteiger partial charge in [0.05, 0.1) is 16.6 Å². The predicted octanol–water partition coefficient (Wildman–Crippen LogP) is 1.76. The monoisotopic (exact) mass is 204 g/mol. The van der Waals surface area contributed by atoms with Gasteiger partial charge in [-0.25, -0.2) is 0 Å². The number of thiazole rings is 1. The Morgan fingerprint density at radius 2 is 2.43 bits per heavy atom. The number of aromatic nitrogens is 1. The minimum atomic E-state index is 1.02. The van der Waals surface area contributed by atoms with E-state index in [4.69, 9.17) is 0 Å². The SMILES string of the molecule is CN1CC=C(C#Cc2cncs2)CC1. The molecule has 0 radical (unpaired) electrons. The molecule has 0 aliphatic carbocycles. The van der Waals surface area contributed by atoms with Crippen LogP contribution < -0.4 is 0 Å². The summed E-state index contributed by atoms with van der Waals surface area (Å²) < 4.78 is 0. The zero-order valence-electron chi connectivity index (χ0n) is 8.16. The average molecular weight is 204 g/mol. The third-order valence-corrected chi connectivity index (χ3v) is 2.88. The molecule has 2 rings (SSSR count). The van der Waals surface area contributed by atoms with Crippen LogP contribution in [0.3, 0.4) is 0 Å². The maximum Gasteiger partial charge on any atom is 0.0970 e. The van der Waals surface area contributed by atoms with Gasteiger partial charge in [-0.15, -0.1) is 11.3 Å². The van der Waals surface area contributed by atoms with Crippen molar-refractivity contribution in [2.45, 2.75) is 6.42 Å². The van der Waals surface area contributed by atoms with Crippen LogP contribution >= 0.6 is 11.3 Å². The van der Waals surface area contributed by atoms with Gasteiger partial charge in [0.15, 0.2) is 0 Å². The maximum atomic E-state index is 3.99. The Morgan fingerprint density at radius 3 is 3.07 bits per heavy atom. The molecule has 1 aliphatic rings. The maximum absolute atomic E-state index is 3.99. The lowest BCUT2D eigenvalue weighted by Crippen LogP contribution is -2.23. The second kappa shape index (κ2) is 4.41. The fourth-order valence-electron chi connectivity index (χ4n) is 1.30. The molecule has 1 aromatic rings. The highest BCUT2D eigenvalue weighted by atomic mass is 32.1. The summed E-state index contributed by atoms with van der Waals surface area (Å²) in [7, 11) is 2.13. The summed E-state index contributed by atoms with van der Waals surface area (Å²) in [6, 6.07) is 0. The van der Waals surface area contributed by atoms with Crippen LogP contribution in [0.2, 0.25) is 0 Å². The van der Waals surface area contributed by atoms with E-state index >= 15 is 0 Å². The molecule has 1 aliphatic heterocycles. The Hall–Kier alpha value is -1.11. The number of nitrogens with zero attached hydrogens (tertiary/aromatic N) is 2. The Balaban J connectivity index is 2.04. The second-order valence-corrected chi connectivity index (χ2v) is 4.24. The summed E-state index contributed by atoms with van der Waals surface area (Å²) in [6.07, 6.45) is 5.09. The highest BCUT2D eigenvalue weighted by Crippen LogP contribution is 2.09. The van der Waals surface area contributed by atoms with Crippen molar-refractivity contribution in [1.82, 2.24) is 9.88 Å². The zero-order chi connectivity index (χ0) is 9.80. The van der Waals surface area contributed by atoms with Crippen LogP contribution in [0.4, 0.5) is 0 Å². The molecule has 0 unspecified atom stereocenters. The Labute approximate surface area is 88.3 Å². The number of hydrogen-bond donors (Lipinski definition) is 0. The number of rotatable bonds is 0. The third-order valence-electron chi connectivity index (χ3n) is 2.19. The Bertz CT molecular complexity index is 381. The summed E-state index contributed by atoms with van der Waals surface area (Å²) in [6.45, 7) is 2.13. The average Bonchev–Trinajstić information content (AvgIpc) is 2.70. The number of likely N-dealkylation sites (N-methyl/N-ethyl adjacent to an activating group) is 1. The van der Waals surface area contributed by atoms with E-state index in [9.17, 15) is 0 Å². The summed E-state index contributed by atoms with van der Waals surface area (Å²) in [5.74, 6) is 6.33. The molecule has 2 nitrogen and oxygen atoms in total. The van der Waals surface area contributed by atoms with Crippen LogP contribution in [0.1, 0.15) is 11.3 Å². The van der Waals surface area contributed by atoms with Crippen molar-refractivity contribution in [2.75, 3.05) is 20.1 Å². The highest BCUT2D eigenvalue weighted by Gasteiger charge is 2.04. The van der Waals surface area contributed by atoms with Crippen LogP contribution in [0, 0.1) is 11.8 Å². The second-order valence-electron chi connectivity index (χ2n) is 3.36. The molecule has 0 spiro atoms. The topological polar surface area (TPSA) is 16.1 Å². The Morgan fingerprint density at radius 1 is 1.50 bits per heavy atom. The quantitative estimate of drug-likeness (QED) is 0.599. The first-order chi connectivity index (χ1) is 6.84. The van der Waals surface area contributed by atoms with E-state index in [-0.39, 0.29) is 0 Å². The van der Waals surface area contributed by atoms with Crippen molar-refractivity contribution in [1.29, 1.82) is 0 Å². The molecule has 0 saturated carbocycles. The van der Waals surface area contributed by atoms with Crippen LogP contribution in [0.25, 0.3) is 0 Å². The molecule has 0 bridgehead atoms. The van der Waals surface area contributed by atoms with Crippen molar-refractivity contribution in [3.63, 3.8) is 0 Å². The molecule has 1 aromatic heterocycles. The van der Waals surface area contributed by atoms with E-state index in [1.807, 2.05) is 11.7 Å². The van der Waals surface area contributed by atoms with Crippen LogP contribution in [-0.2, 0) is 0 Å². The first-order valence-corrected chi connectivity index (χ1v) is 5.50. The smallest absolute Gasteiger partial charge is 0.0970 e. The van der Waals surface area contributed by atoms with Gasteiger partial charge in [-0.2, -0.15) is 0 Å². The minimum absolute atomic E-state index is 1.02. The van der Waals surface area contributed by atoms with Gasteiger partial charge in [0.1, 0.15) is 0 Å². The first-order valence-electron chi connectivity index (χ1n) is 4.63. The number of hydrogen-bond acceptors (Lipinski definition) is 3. The van der Waals surface area contributed by atoms with Gasteiger partial charge in [-0.3, -0.25) is 4.98 Å². The normalized spacial score (nSPS) is 17.1. The standard InChI is InChI=1S/C11H12N2S/c1-13-6-4-10(5-7-13)2-3-11-8-12-9-14-11/h4,8-9H,5-7H2,1H3. The third kappa shape index (κ3) is 2.44. The summed E-state index contributed by atoms with van der Waals surface area (Å²) >= 11 is 1.59. The molecule has 3 heteroatoms. The van der Waals surface area contributed by atoms with E-state index in [1.54, 1.807) is 11.3 Å². The van der Waals surface area contributed by atoms with Crippen molar-refractivity contribution in [2.24, 2.45) is 0 Å².